The molecule has 16 heteroatoms. The van der Waals surface area contributed by atoms with Gasteiger partial charge in [-0.1, -0.05) is 36.4 Å². The van der Waals surface area contributed by atoms with Gasteiger partial charge in [0.2, 0.25) is 17.8 Å². The Morgan fingerprint density at radius 1 is 1.20 bits per heavy atom. The molecule has 0 bridgehead atoms. The van der Waals surface area contributed by atoms with E-state index in [0.29, 0.717) is 0 Å². The first kappa shape index (κ1) is 39.9. The SMILES string of the molecule is C/C=C(\NCC(F)(F)F)C(COC)N/C=C(/NC(=O)CC1CCC(F)(F)CC1)C(=N)F.C=N.NC(=O)OCc1ccccc1.[HH].[HH]. The number of halogens is 6. The highest BCUT2D eigenvalue weighted by molar-refractivity contribution is 5.94. The molecular formula is C28H44F6N6O4. The number of nitrogens with two attached hydrogens (primary N) is 1. The molecule has 1 fully saturated rings. The van der Waals surface area contributed by atoms with Crippen LogP contribution in [0.4, 0.5) is 31.1 Å². The maximum absolute atomic E-state index is 13.6. The molecule has 0 radical (unpaired) electrons. The fourth-order valence-electron chi connectivity index (χ4n) is 3.86. The average Bonchev–Trinajstić information content (AvgIpc) is 2.96. The number of nitrogens with one attached hydrogen (secondary N) is 5. The van der Waals surface area contributed by atoms with Crippen molar-refractivity contribution in [2.45, 2.75) is 63.8 Å². The predicted octanol–water partition coefficient (Wildman–Crippen LogP) is 5.81. The first-order chi connectivity index (χ1) is 20.7. The molecule has 0 heterocycles. The van der Waals surface area contributed by atoms with Crippen molar-refractivity contribution < 1.29 is 48.3 Å². The summed E-state index contributed by atoms with van der Waals surface area (Å²) in [5.41, 5.74) is 5.31. The average molecular weight is 643 g/mol. The van der Waals surface area contributed by atoms with Gasteiger partial charge in [-0.2, -0.15) is 17.6 Å². The summed E-state index contributed by atoms with van der Waals surface area (Å²) in [5, 5.41) is 19.7. The molecule has 1 saturated carbocycles. The molecule has 2 amide bonds. The minimum atomic E-state index is -4.45. The van der Waals surface area contributed by atoms with Gasteiger partial charge >= 0.3 is 12.3 Å². The van der Waals surface area contributed by atoms with Crippen LogP contribution in [0.15, 0.2) is 54.0 Å². The number of allylic oxidation sites excluding steroid dienone is 2. The van der Waals surface area contributed by atoms with Crippen LogP contribution >= 0.6 is 0 Å². The van der Waals surface area contributed by atoms with E-state index in [1.807, 2.05) is 30.3 Å². The highest BCUT2D eigenvalue weighted by Crippen LogP contribution is 2.37. The quantitative estimate of drug-likeness (QED) is 0.118. The van der Waals surface area contributed by atoms with E-state index in [0.717, 1.165) is 11.8 Å². The van der Waals surface area contributed by atoms with E-state index in [1.165, 1.54) is 20.1 Å². The molecule has 44 heavy (non-hydrogen) atoms. The monoisotopic (exact) mass is 642 g/mol. The first-order valence-electron chi connectivity index (χ1n) is 13.3. The smallest absolute Gasteiger partial charge is 0.405 e. The standard InChI is InChI=1S/C19H28F6N4O2.C8H9NO2.CH3N.2H2/c1-3-13(28-11-19(23,24)25)15(10-31-2)27-9-14(17(20)26)29-16(30)8-12-4-6-18(21,22)7-5-12;9-8(10)11-6-7-4-2-1-3-5-7;1-2;;/h3,9,12,15,26-28H,4-8,10-11H2,1-2H3,(H,29,30);1-5H,6H2,(H2,9,10);2H,1H2;2*1H/b13-3-,14-9+,26-17?;;;;. The number of benzene rings is 1. The zero-order valence-electron chi connectivity index (χ0n) is 24.5. The first-order valence-corrected chi connectivity index (χ1v) is 13.3. The lowest BCUT2D eigenvalue weighted by Gasteiger charge is -2.27. The summed E-state index contributed by atoms with van der Waals surface area (Å²) in [6.45, 7) is 2.87. The Morgan fingerprint density at radius 3 is 2.27 bits per heavy atom. The summed E-state index contributed by atoms with van der Waals surface area (Å²) in [7, 11) is 1.32. The summed E-state index contributed by atoms with van der Waals surface area (Å²) < 4.78 is 87.0. The minimum absolute atomic E-state index is 0. The van der Waals surface area contributed by atoms with Crippen molar-refractivity contribution in [2.75, 3.05) is 20.3 Å². The number of primary amides is 1. The molecule has 0 saturated heterocycles. The third-order valence-electron chi connectivity index (χ3n) is 5.99. The third kappa shape index (κ3) is 18.5. The number of rotatable bonds is 13. The summed E-state index contributed by atoms with van der Waals surface area (Å²) in [6.07, 6.45) is -3.26. The van der Waals surface area contributed by atoms with Crippen molar-refractivity contribution in [3.05, 3.63) is 59.6 Å². The largest absolute Gasteiger partial charge is 0.445 e. The zero-order chi connectivity index (χ0) is 33.8. The number of carbonyl (C=O) groups is 2. The Balaban J connectivity index is -0.00000103. The van der Waals surface area contributed by atoms with Gasteiger partial charge in [-0.25, -0.2) is 13.6 Å². The van der Waals surface area contributed by atoms with Crippen LogP contribution in [-0.2, 0) is 20.9 Å². The third-order valence-corrected chi connectivity index (χ3v) is 5.99. The van der Waals surface area contributed by atoms with Crippen molar-refractivity contribution in [1.82, 2.24) is 16.0 Å². The molecule has 2 rings (SSSR count). The molecule has 0 spiro atoms. The van der Waals surface area contributed by atoms with Gasteiger partial charge in [-0.15, -0.1) is 0 Å². The van der Waals surface area contributed by atoms with Gasteiger partial charge in [0.15, 0.2) is 0 Å². The lowest BCUT2D eigenvalue weighted by molar-refractivity contribution is -0.124. The van der Waals surface area contributed by atoms with Crippen LogP contribution in [0.5, 0.6) is 0 Å². The topological polar surface area (TPSA) is 162 Å². The fraction of sp³-hybridized carbons (Fsp3) is 0.500. The Bertz CT molecular complexity index is 1090. The number of hydrogen-bond donors (Lipinski definition) is 6. The predicted molar refractivity (Wildman–Crippen MR) is 158 cm³/mol. The molecule has 252 valence electrons. The summed E-state index contributed by atoms with van der Waals surface area (Å²) in [4.78, 5) is 22.3. The number of hydrogen-bond acceptors (Lipinski definition) is 8. The molecule has 10 nitrogen and oxygen atoms in total. The molecule has 7 N–H and O–H groups in total. The van der Waals surface area contributed by atoms with Crippen LogP contribution in [0.3, 0.4) is 0 Å². The van der Waals surface area contributed by atoms with Crippen LogP contribution in [-0.4, -0.2) is 63.1 Å². The molecule has 0 aliphatic heterocycles. The van der Waals surface area contributed by atoms with Crippen molar-refractivity contribution >= 4 is 24.7 Å². The van der Waals surface area contributed by atoms with E-state index in [4.69, 9.17) is 21.3 Å². The highest BCUT2D eigenvalue weighted by atomic mass is 19.4. The maximum Gasteiger partial charge on any atom is 0.405 e. The second kappa shape index (κ2) is 20.8. The molecule has 1 atom stereocenters. The van der Waals surface area contributed by atoms with Gasteiger partial charge in [0.1, 0.15) is 18.8 Å². The Labute approximate surface area is 255 Å². The second-order valence-corrected chi connectivity index (χ2v) is 9.40. The van der Waals surface area contributed by atoms with Gasteiger partial charge < -0.3 is 36.6 Å². The fourth-order valence-corrected chi connectivity index (χ4v) is 3.86. The maximum atomic E-state index is 13.6. The Kier molecular flexibility index (Phi) is 18.8. The number of carbonyl (C=O) groups excluding carboxylic acids is 2. The van der Waals surface area contributed by atoms with Crippen LogP contribution in [0.1, 0.15) is 47.4 Å². The number of methoxy groups -OCH3 is 1. The lowest BCUT2D eigenvalue weighted by atomic mass is 9.84. The van der Waals surface area contributed by atoms with Crippen molar-refractivity contribution in [3.63, 3.8) is 0 Å². The molecule has 1 aromatic rings. The lowest BCUT2D eigenvalue weighted by Crippen LogP contribution is -2.41. The highest BCUT2D eigenvalue weighted by Gasteiger charge is 2.35. The van der Waals surface area contributed by atoms with Crippen LogP contribution in [0, 0.1) is 16.7 Å². The summed E-state index contributed by atoms with van der Waals surface area (Å²) >= 11 is 0. The molecular weight excluding hydrogens is 598 g/mol. The molecule has 1 unspecified atom stereocenters. The van der Waals surface area contributed by atoms with E-state index in [9.17, 15) is 35.9 Å². The number of amides is 2. The molecule has 1 aromatic carbocycles. The minimum Gasteiger partial charge on any atom is -0.445 e. The van der Waals surface area contributed by atoms with Crippen molar-refractivity contribution in [2.24, 2.45) is 11.7 Å². The van der Waals surface area contributed by atoms with Crippen LogP contribution in [0.25, 0.3) is 0 Å². The van der Waals surface area contributed by atoms with Gasteiger partial charge in [0, 0.05) is 41.1 Å². The van der Waals surface area contributed by atoms with Gasteiger partial charge in [0.05, 0.1) is 12.6 Å². The van der Waals surface area contributed by atoms with Gasteiger partial charge in [-0.3, -0.25) is 10.2 Å². The Morgan fingerprint density at radius 2 is 1.80 bits per heavy atom. The molecule has 1 aliphatic rings. The number of ether oxygens (including phenoxy) is 2. The van der Waals surface area contributed by atoms with Crippen molar-refractivity contribution in [1.29, 1.82) is 10.8 Å². The van der Waals surface area contributed by atoms with E-state index in [-0.39, 0.29) is 59.8 Å². The van der Waals surface area contributed by atoms with Crippen molar-refractivity contribution in [3.8, 4) is 0 Å². The van der Waals surface area contributed by atoms with Gasteiger partial charge in [-0.05, 0) is 38.0 Å². The van der Waals surface area contributed by atoms with E-state index in [1.54, 1.807) is 0 Å². The van der Waals surface area contributed by atoms with E-state index >= 15 is 0 Å². The van der Waals surface area contributed by atoms with Crippen LogP contribution in [0.2, 0.25) is 0 Å². The van der Waals surface area contributed by atoms with E-state index < -0.39 is 48.3 Å². The normalized spacial score (nSPS) is 15.7. The summed E-state index contributed by atoms with van der Waals surface area (Å²) in [6, 6.07) is 8.53. The second-order valence-electron chi connectivity index (χ2n) is 9.40. The molecule has 1 aliphatic carbocycles. The summed E-state index contributed by atoms with van der Waals surface area (Å²) in [5.74, 6) is -5.12. The number of alkyl halides is 5. The van der Waals surface area contributed by atoms with Gasteiger partial charge in [0.25, 0.3) is 0 Å². The van der Waals surface area contributed by atoms with E-state index in [2.05, 4.69) is 27.4 Å². The van der Waals surface area contributed by atoms with Crippen LogP contribution < -0.4 is 21.7 Å². The Hall–Kier alpha value is -4.08. The zero-order valence-corrected chi connectivity index (χ0v) is 24.5. The molecule has 0 aromatic heterocycles.